The van der Waals surface area contributed by atoms with Gasteiger partial charge in [0.15, 0.2) is 0 Å². The van der Waals surface area contributed by atoms with Crippen LogP contribution in [0.25, 0.3) is 0 Å². The fraction of sp³-hybridized carbons (Fsp3) is 0.684. The highest BCUT2D eigenvalue weighted by Gasteiger charge is 2.43. The van der Waals surface area contributed by atoms with Gasteiger partial charge in [0, 0.05) is 11.1 Å². The molecule has 0 radical (unpaired) electrons. The molecule has 1 aromatic rings. The Balaban J connectivity index is 2.16. The summed E-state index contributed by atoms with van der Waals surface area (Å²) in [6, 6.07) is 11.0. The molecule has 0 bridgehead atoms. The maximum atomic E-state index is 3.65. The summed E-state index contributed by atoms with van der Waals surface area (Å²) >= 11 is 0. The average Bonchev–Trinajstić information content (AvgIpc) is 2.54. The van der Waals surface area contributed by atoms with Gasteiger partial charge < -0.3 is 10.2 Å². The van der Waals surface area contributed by atoms with Crippen molar-refractivity contribution in [3.05, 3.63) is 35.9 Å². The Morgan fingerprint density at radius 3 is 2.14 bits per heavy atom. The molecule has 0 saturated heterocycles. The highest BCUT2D eigenvalue weighted by molar-refractivity contribution is 5.26. The maximum Gasteiger partial charge on any atom is 0.0433 e. The Hall–Kier alpha value is -0.860. The van der Waals surface area contributed by atoms with E-state index in [0.29, 0.717) is 5.54 Å². The van der Waals surface area contributed by atoms with Crippen LogP contribution in [0.4, 0.5) is 0 Å². The summed E-state index contributed by atoms with van der Waals surface area (Å²) in [5, 5.41) is 3.65. The number of nitrogens with one attached hydrogen (secondary N) is 1. The minimum atomic E-state index is 0.174. The van der Waals surface area contributed by atoms with Gasteiger partial charge in [-0.05, 0) is 58.8 Å². The Morgan fingerprint density at radius 2 is 1.67 bits per heavy atom. The molecule has 1 aromatic carbocycles. The molecule has 0 spiro atoms. The smallest absolute Gasteiger partial charge is 0.0433 e. The second-order valence-electron chi connectivity index (χ2n) is 6.92. The van der Waals surface area contributed by atoms with Crippen LogP contribution in [0.1, 0.15) is 57.4 Å². The van der Waals surface area contributed by atoms with Gasteiger partial charge in [0.2, 0.25) is 0 Å². The van der Waals surface area contributed by atoms with E-state index in [0.717, 1.165) is 0 Å². The molecule has 1 N–H and O–H groups in total. The van der Waals surface area contributed by atoms with Crippen molar-refractivity contribution in [2.24, 2.45) is 0 Å². The average molecular weight is 288 g/mol. The van der Waals surface area contributed by atoms with Crippen LogP contribution >= 0.6 is 0 Å². The maximum absolute atomic E-state index is 3.65. The molecule has 2 nitrogen and oxygen atoms in total. The highest BCUT2D eigenvalue weighted by atomic mass is 15.1. The van der Waals surface area contributed by atoms with Crippen molar-refractivity contribution in [3.63, 3.8) is 0 Å². The van der Waals surface area contributed by atoms with E-state index < -0.39 is 0 Å². The van der Waals surface area contributed by atoms with Gasteiger partial charge in [-0.2, -0.15) is 0 Å². The first-order valence-corrected chi connectivity index (χ1v) is 8.50. The summed E-state index contributed by atoms with van der Waals surface area (Å²) in [4.78, 5) is 2.49. The van der Waals surface area contributed by atoms with Gasteiger partial charge in [0.05, 0.1) is 0 Å². The lowest BCUT2D eigenvalue weighted by molar-refractivity contribution is 0.0491. The molecule has 0 heterocycles. The molecular formula is C19H32N2. The second-order valence-corrected chi connectivity index (χ2v) is 6.92. The van der Waals surface area contributed by atoms with Crippen LogP contribution in [-0.2, 0) is 5.54 Å². The third kappa shape index (κ3) is 3.32. The highest BCUT2D eigenvalue weighted by Crippen LogP contribution is 2.45. The third-order valence-electron chi connectivity index (χ3n) is 5.78. The standard InChI is InChI=1S/C19H32N2/c1-5-6-12-18(21(3)4)13-15-19(20-2,16-14-18)17-10-8-7-9-11-17/h7-11,20H,5-6,12-16H2,1-4H3. The summed E-state index contributed by atoms with van der Waals surface area (Å²) in [6.45, 7) is 2.30. The normalized spacial score (nSPS) is 29.8. The van der Waals surface area contributed by atoms with Crippen LogP contribution in [0.3, 0.4) is 0 Å². The van der Waals surface area contributed by atoms with Crippen molar-refractivity contribution < 1.29 is 0 Å². The van der Waals surface area contributed by atoms with Crippen LogP contribution < -0.4 is 5.32 Å². The van der Waals surface area contributed by atoms with Crippen molar-refractivity contribution in [2.75, 3.05) is 21.1 Å². The number of hydrogen-bond donors (Lipinski definition) is 1. The van der Waals surface area contributed by atoms with E-state index in [1.54, 1.807) is 0 Å². The number of rotatable bonds is 6. The summed E-state index contributed by atoms with van der Waals surface area (Å²) < 4.78 is 0. The van der Waals surface area contributed by atoms with Gasteiger partial charge in [-0.3, -0.25) is 0 Å². The summed E-state index contributed by atoms with van der Waals surface area (Å²) in [7, 11) is 6.66. The van der Waals surface area contributed by atoms with E-state index in [2.05, 4.69) is 68.6 Å². The third-order valence-corrected chi connectivity index (χ3v) is 5.78. The zero-order valence-electron chi connectivity index (χ0n) is 14.3. The van der Waals surface area contributed by atoms with Crippen molar-refractivity contribution >= 4 is 0 Å². The lowest BCUT2D eigenvalue weighted by Crippen LogP contribution is -2.53. The Morgan fingerprint density at radius 1 is 1.05 bits per heavy atom. The molecule has 0 aliphatic heterocycles. The molecule has 0 atom stereocenters. The number of unbranched alkanes of at least 4 members (excludes halogenated alkanes) is 1. The van der Waals surface area contributed by atoms with Crippen molar-refractivity contribution in [3.8, 4) is 0 Å². The van der Waals surface area contributed by atoms with Gasteiger partial charge in [0.1, 0.15) is 0 Å². The molecule has 1 aliphatic carbocycles. The van der Waals surface area contributed by atoms with Crippen LogP contribution in [0.2, 0.25) is 0 Å². The zero-order chi connectivity index (χ0) is 15.3. The van der Waals surface area contributed by atoms with E-state index in [-0.39, 0.29) is 5.54 Å². The number of hydrogen-bond acceptors (Lipinski definition) is 2. The molecule has 0 aromatic heterocycles. The van der Waals surface area contributed by atoms with E-state index in [1.807, 2.05) is 0 Å². The largest absolute Gasteiger partial charge is 0.310 e. The van der Waals surface area contributed by atoms with Crippen molar-refractivity contribution in [2.45, 2.75) is 62.9 Å². The summed E-state index contributed by atoms with van der Waals surface area (Å²) in [5.41, 5.74) is 2.04. The topological polar surface area (TPSA) is 15.3 Å². The fourth-order valence-corrected chi connectivity index (χ4v) is 4.01. The van der Waals surface area contributed by atoms with E-state index in [9.17, 15) is 0 Å². The van der Waals surface area contributed by atoms with Crippen LogP contribution in [0, 0.1) is 0 Å². The predicted molar refractivity (Wildman–Crippen MR) is 91.6 cm³/mol. The number of nitrogens with zero attached hydrogens (tertiary/aromatic N) is 1. The summed E-state index contributed by atoms with van der Waals surface area (Å²) in [6.07, 6.45) is 9.02. The Kier molecular flexibility index (Phi) is 5.45. The van der Waals surface area contributed by atoms with Crippen LogP contribution in [-0.4, -0.2) is 31.6 Å². The molecule has 0 amide bonds. The van der Waals surface area contributed by atoms with Gasteiger partial charge in [-0.15, -0.1) is 0 Å². The van der Waals surface area contributed by atoms with Gasteiger partial charge in [-0.25, -0.2) is 0 Å². The first-order chi connectivity index (χ1) is 10.1. The molecule has 0 unspecified atom stereocenters. The van der Waals surface area contributed by atoms with E-state index in [4.69, 9.17) is 0 Å². The van der Waals surface area contributed by atoms with Crippen LogP contribution in [0.5, 0.6) is 0 Å². The number of benzene rings is 1. The second kappa shape index (κ2) is 6.93. The van der Waals surface area contributed by atoms with E-state index >= 15 is 0 Å². The predicted octanol–water partition coefficient (Wildman–Crippen LogP) is 4.17. The SMILES string of the molecule is CCCCC1(N(C)C)CCC(NC)(c2ccccc2)CC1. The van der Waals surface area contributed by atoms with Crippen molar-refractivity contribution in [1.82, 2.24) is 10.2 Å². The van der Waals surface area contributed by atoms with E-state index in [1.165, 1.54) is 50.5 Å². The minimum absolute atomic E-state index is 0.174. The molecule has 1 fully saturated rings. The fourth-order valence-electron chi connectivity index (χ4n) is 4.01. The minimum Gasteiger partial charge on any atom is -0.310 e. The van der Waals surface area contributed by atoms with Gasteiger partial charge >= 0.3 is 0 Å². The Bertz CT molecular complexity index is 416. The molecule has 1 aliphatic rings. The molecule has 2 heteroatoms. The van der Waals surface area contributed by atoms with Gasteiger partial charge in [-0.1, -0.05) is 50.1 Å². The van der Waals surface area contributed by atoms with Gasteiger partial charge in [0.25, 0.3) is 0 Å². The summed E-state index contributed by atoms with van der Waals surface area (Å²) in [5.74, 6) is 0. The Labute approximate surface area is 130 Å². The first-order valence-electron chi connectivity index (χ1n) is 8.50. The molecule has 21 heavy (non-hydrogen) atoms. The van der Waals surface area contributed by atoms with Crippen LogP contribution in [0.15, 0.2) is 30.3 Å². The molecule has 2 rings (SSSR count). The first kappa shape index (κ1) is 16.5. The monoisotopic (exact) mass is 288 g/mol. The molecule has 1 saturated carbocycles. The van der Waals surface area contributed by atoms with Crippen molar-refractivity contribution in [1.29, 1.82) is 0 Å². The molecular weight excluding hydrogens is 256 g/mol. The lowest BCUT2D eigenvalue weighted by Gasteiger charge is -2.50. The quantitative estimate of drug-likeness (QED) is 0.845. The lowest BCUT2D eigenvalue weighted by atomic mass is 9.67. The zero-order valence-corrected chi connectivity index (χ0v) is 14.3. The molecule has 118 valence electrons.